The lowest BCUT2D eigenvalue weighted by Crippen LogP contribution is -2.45. The summed E-state index contributed by atoms with van der Waals surface area (Å²) in [5.74, 6) is 2.10. The Bertz CT molecular complexity index is 1310. The first-order chi connectivity index (χ1) is 18.6. The SMILES string of the molecule is COc1cccc(N(C(=O)c2cnc(N3CCC4CCCCC4C3)nc2-c2ccccc2F)C2CCC2)c1. The molecule has 198 valence electrons. The summed E-state index contributed by atoms with van der Waals surface area (Å²) in [5.41, 5.74) is 1.77. The Labute approximate surface area is 223 Å². The normalized spacial score (nSPS) is 21.4. The van der Waals surface area contributed by atoms with Gasteiger partial charge in [-0.3, -0.25) is 4.79 Å². The zero-order chi connectivity index (χ0) is 26.1. The van der Waals surface area contributed by atoms with Crippen molar-refractivity contribution in [2.45, 2.75) is 57.4 Å². The fraction of sp³-hybridized carbons (Fsp3) is 0.452. The molecule has 38 heavy (non-hydrogen) atoms. The summed E-state index contributed by atoms with van der Waals surface area (Å²) in [6.07, 6.45) is 10.8. The zero-order valence-electron chi connectivity index (χ0n) is 22.0. The van der Waals surface area contributed by atoms with Crippen LogP contribution in [0.1, 0.15) is 61.7 Å². The van der Waals surface area contributed by atoms with Crippen molar-refractivity contribution in [1.29, 1.82) is 0 Å². The Morgan fingerprint density at radius 2 is 1.82 bits per heavy atom. The van der Waals surface area contributed by atoms with Crippen molar-refractivity contribution in [3.8, 4) is 17.0 Å². The second-order valence-electron chi connectivity index (χ2n) is 10.9. The number of hydrogen-bond donors (Lipinski definition) is 0. The monoisotopic (exact) mass is 514 g/mol. The lowest BCUT2D eigenvalue weighted by atomic mass is 9.75. The Balaban J connectivity index is 1.40. The molecule has 3 aromatic rings. The number of piperidine rings is 1. The van der Waals surface area contributed by atoms with Gasteiger partial charge in [0.25, 0.3) is 5.91 Å². The number of methoxy groups -OCH3 is 1. The molecule has 2 unspecified atom stereocenters. The first kappa shape index (κ1) is 24.8. The van der Waals surface area contributed by atoms with Crippen LogP contribution in [0, 0.1) is 17.7 Å². The molecular formula is C31H35FN4O2. The van der Waals surface area contributed by atoms with E-state index in [9.17, 15) is 4.79 Å². The number of ether oxygens (including phenoxy) is 1. The average molecular weight is 515 g/mol. The highest BCUT2D eigenvalue weighted by Gasteiger charge is 2.35. The molecule has 0 spiro atoms. The summed E-state index contributed by atoms with van der Waals surface area (Å²) < 4.78 is 20.6. The molecule has 2 aliphatic carbocycles. The van der Waals surface area contributed by atoms with Crippen LogP contribution in [0.3, 0.4) is 0 Å². The van der Waals surface area contributed by atoms with Crippen LogP contribution in [0.5, 0.6) is 5.75 Å². The van der Waals surface area contributed by atoms with E-state index in [1.807, 2.05) is 29.2 Å². The fourth-order valence-electron chi connectivity index (χ4n) is 6.35. The van der Waals surface area contributed by atoms with Gasteiger partial charge in [0.1, 0.15) is 11.6 Å². The quantitative estimate of drug-likeness (QED) is 0.375. The number of benzene rings is 2. The molecule has 7 heteroatoms. The molecule has 1 aliphatic heterocycles. The van der Waals surface area contributed by atoms with Crippen molar-refractivity contribution in [1.82, 2.24) is 9.97 Å². The van der Waals surface area contributed by atoms with Gasteiger partial charge in [0.2, 0.25) is 5.95 Å². The maximum absolute atomic E-state index is 15.2. The van der Waals surface area contributed by atoms with E-state index in [1.165, 1.54) is 31.7 Å². The van der Waals surface area contributed by atoms with Crippen molar-refractivity contribution in [2.75, 3.05) is 30.0 Å². The van der Waals surface area contributed by atoms with E-state index in [0.717, 1.165) is 50.4 Å². The van der Waals surface area contributed by atoms with E-state index < -0.39 is 5.82 Å². The molecular weight excluding hydrogens is 479 g/mol. The van der Waals surface area contributed by atoms with Gasteiger partial charge in [-0.1, -0.05) is 37.5 Å². The third-order valence-corrected chi connectivity index (χ3v) is 8.70. The number of halogens is 1. The van der Waals surface area contributed by atoms with E-state index >= 15 is 4.39 Å². The minimum Gasteiger partial charge on any atom is -0.497 e. The lowest BCUT2D eigenvalue weighted by Gasteiger charge is -2.41. The third-order valence-electron chi connectivity index (χ3n) is 8.70. The van der Waals surface area contributed by atoms with Gasteiger partial charge in [0.15, 0.2) is 0 Å². The molecule has 2 aromatic carbocycles. The summed E-state index contributed by atoms with van der Waals surface area (Å²) in [7, 11) is 1.62. The predicted molar refractivity (Wildman–Crippen MR) is 147 cm³/mol. The highest BCUT2D eigenvalue weighted by molar-refractivity contribution is 6.10. The Morgan fingerprint density at radius 3 is 2.58 bits per heavy atom. The summed E-state index contributed by atoms with van der Waals surface area (Å²) >= 11 is 0. The van der Waals surface area contributed by atoms with Crippen LogP contribution >= 0.6 is 0 Å². The van der Waals surface area contributed by atoms with E-state index in [0.29, 0.717) is 34.4 Å². The van der Waals surface area contributed by atoms with Crippen LogP contribution in [0.4, 0.5) is 16.0 Å². The van der Waals surface area contributed by atoms with Gasteiger partial charge >= 0.3 is 0 Å². The molecule has 3 aliphatic rings. The minimum absolute atomic E-state index is 0.0769. The molecule has 2 saturated carbocycles. The smallest absolute Gasteiger partial charge is 0.262 e. The topological polar surface area (TPSA) is 58.6 Å². The molecule has 1 aromatic heterocycles. The second kappa shape index (κ2) is 10.7. The first-order valence-electron chi connectivity index (χ1n) is 14.0. The zero-order valence-corrected chi connectivity index (χ0v) is 22.0. The maximum Gasteiger partial charge on any atom is 0.262 e. The van der Waals surface area contributed by atoms with E-state index in [2.05, 4.69) is 4.90 Å². The molecule has 0 N–H and O–H groups in total. The van der Waals surface area contributed by atoms with Crippen LogP contribution in [0.2, 0.25) is 0 Å². The second-order valence-corrected chi connectivity index (χ2v) is 10.9. The highest BCUT2D eigenvalue weighted by Crippen LogP contribution is 2.38. The van der Waals surface area contributed by atoms with E-state index in [4.69, 9.17) is 14.7 Å². The van der Waals surface area contributed by atoms with Gasteiger partial charge in [0.05, 0.1) is 18.4 Å². The highest BCUT2D eigenvalue weighted by atomic mass is 19.1. The number of carbonyl (C=O) groups is 1. The molecule has 0 bridgehead atoms. The number of rotatable bonds is 6. The first-order valence-corrected chi connectivity index (χ1v) is 14.0. The Morgan fingerprint density at radius 1 is 1.00 bits per heavy atom. The molecule has 0 radical (unpaired) electrons. The van der Waals surface area contributed by atoms with E-state index in [1.54, 1.807) is 31.5 Å². The van der Waals surface area contributed by atoms with Crippen LogP contribution in [-0.2, 0) is 0 Å². The predicted octanol–water partition coefficient (Wildman–Crippen LogP) is 6.51. The van der Waals surface area contributed by atoms with Gasteiger partial charge in [-0.15, -0.1) is 0 Å². The molecule has 2 atom stereocenters. The average Bonchev–Trinajstić information content (AvgIpc) is 2.94. The fourth-order valence-corrected chi connectivity index (χ4v) is 6.35. The van der Waals surface area contributed by atoms with Crippen molar-refractivity contribution < 1.29 is 13.9 Å². The molecule has 6 rings (SSSR count). The largest absolute Gasteiger partial charge is 0.497 e. The van der Waals surface area contributed by atoms with Crippen molar-refractivity contribution >= 4 is 17.5 Å². The van der Waals surface area contributed by atoms with Gasteiger partial charge < -0.3 is 14.5 Å². The molecule has 3 fully saturated rings. The third kappa shape index (κ3) is 4.74. The van der Waals surface area contributed by atoms with Gasteiger partial charge in [0, 0.05) is 42.6 Å². The van der Waals surface area contributed by atoms with E-state index in [-0.39, 0.29) is 11.9 Å². The number of hydrogen-bond acceptors (Lipinski definition) is 5. The summed E-state index contributed by atoms with van der Waals surface area (Å²) in [6, 6.07) is 14.2. The maximum atomic E-state index is 15.2. The Kier molecular flexibility index (Phi) is 7.00. The van der Waals surface area contributed by atoms with Crippen molar-refractivity contribution in [2.24, 2.45) is 11.8 Å². The number of nitrogens with zero attached hydrogens (tertiary/aromatic N) is 4. The van der Waals surface area contributed by atoms with Crippen LogP contribution in [0.25, 0.3) is 11.3 Å². The standard InChI is InChI=1S/C31H35FN4O2/c1-38-25-13-7-12-24(18-25)36(23-10-6-11-23)30(37)27-19-33-31(34-29(27)26-14-4-5-15-28(26)32)35-17-16-21-8-2-3-9-22(21)20-35/h4-5,7,12-15,18-19,21-23H,2-3,6,8-11,16-17,20H2,1H3. The Hall–Kier alpha value is -3.48. The van der Waals surface area contributed by atoms with Gasteiger partial charge in [-0.25, -0.2) is 14.4 Å². The minimum atomic E-state index is -0.395. The number of aromatic nitrogens is 2. The van der Waals surface area contributed by atoms with Crippen LogP contribution < -0.4 is 14.5 Å². The number of carbonyl (C=O) groups excluding carboxylic acids is 1. The number of fused-ring (bicyclic) bond motifs is 1. The summed E-state index contributed by atoms with van der Waals surface area (Å²) in [5, 5.41) is 0. The summed E-state index contributed by atoms with van der Waals surface area (Å²) in [4.78, 5) is 27.9. The van der Waals surface area contributed by atoms with Gasteiger partial charge in [-0.05, 0) is 68.2 Å². The van der Waals surface area contributed by atoms with Crippen molar-refractivity contribution in [3.05, 3.63) is 66.1 Å². The molecule has 1 amide bonds. The van der Waals surface area contributed by atoms with Crippen LogP contribution in [0.15, 0.2) is 54.7 Å². The van der Waals surface area contributed by atoms with Crippen molar-refractivity contribution in [3.63, 3.8) is 0 Å². The number of anilines is 2. The van der Waals surface area contributed by atoms with Crippen LogP contribution in [-0.4, -0.2) is 42.1 Å². The summed E-state index contributed by atoms with van der Waals surface area (Å²) in [6.45, 7) is 1.82. The lowest BCUT2D eigenvalue weighted by molar-refractivity contribution is 0.0964. The molecule has 2 heterocycles. The van der Waals surface area contributed by atoms with Gasteiger partial charge in [-0.2, -0.15) is 0 Å². The molecule has 6 nitrogen and oxygen atoms in total. The number of amides is 1. The molecule has 1 saturated heterocycles.